The summed E-state index contributed by atoms with van der Waals surface area (Å²) in [5.74, 6) is 0.0219. The van der Waals surface area contributed by atoms with Crippen molar-refractivity contribution in [3.05, 3.63) is 70.7 Å². The first-order valence-corrected chi connectivity index (χ1v) is 9.03. The Morgan fingerprint density at radius 2 is 1.58 bits per heavy atom. The molecule has 140 valence electrons. The van der Waals surface area contributed by atoms with E-state index in [4.69, 9.17) is 17.3 Å². The molecule has 1 fully saturated rings. The topological polar surface area (TPSA) is 49.6 Å². The Hall–Kier alpha value is -1.59. The van der Waals surface area contributed by atoms with Gasteiger partial charge in [-0.15, -0.1) is 12.4 Å². The van der Waals surface area contributed by atoms with Crippen LogP contribution in [0, 0.1) is 0 Å². The van der Waals surface area contributed by atoms with Gasteiger partial charge in [-0.1, -0.05) is 60.1 Å². The lowest BCUT2D eigenvalue weighted by Crippen LogP contribution is -2.53. The van der Waals surface area contributed by atoms with Crippen LogP contribution in [0.4, 0.5) is 0 Å². The van der Waals surface area contributed by atoms with Crippen molar-refractivity contribution in [3.63, 3.8) is 0 Å². The molecule has 0 aliphatic carbocycles. The standard InChI is InChI=1S/C20H24ClN3O.ClH/c1-15(22)20(25)24-13-11-23(12-14-24)19(16-7-3-2-4-8-16)17-9-5-6-10-18(17)21;/h2-10,15,19H,11-14,22H2,1H3;1H. The molecule has 2 aromatic carbocycles. The van der Waals surface area contributed by atoms with Crippen molar-refractivity contribution < 1.29 is 4.79 Å². The Kier molecular flexibility index (Phi) is 7.47. The summed E-state index contributed by atoms with van der Waals surface area (Å²) >= 11 is 6.50. The first-order chi connectivity index (χ1) is 12.1. The minimum absolute atomic E-state index is 0. The van der Waals surface area contributed by atoms with Crippen molar-refractivity contribution in [1.82, 2.24) is 9.80 Å². The monoisotopic (exact) mass is 393 g/mol. The van der Waals surface area contributed by atoms with E-state index in [1.54, 1.807) is 6.92 Å². The molecule has 1 saturated heterocycles. The van der Waals surface area contributed by atoms with Crippen molar-refractivity contribution in [2.24, 2.45) is 5.73 Å². The van der Waals surface area contributed by atoms with Crippen LogP contribution in [0.1, 0.15) is 24.1 Å². The summed E-state index contributed by atoms with van der Waals surface area (Å²) in [6.07, 6.45) is 0. The van der Waals surface area contributed by atoms with Gasteiger partial charge in [0.25, 0.3) is 0 Å². The van der Waals surface area contributed by atoms with Crippen LogP contribution in [-0.4, -0.2) is 47.9 Å². The molecule has 0 spiro atoms. The molecular formula is C20H25Cl2N3O. The number of hydrogen-bond donors (Lipinski definition) is 1. The average Bonchev–Trinajstić information content (AvgIpc) is 2.64. The van der Waals surface area contributed by atoms with Crippen LogP contribution in [0.2, 0.25) is 5.02 Å². The molecule has 1 aliphatic heterocycles. The van der Waals surface area contributed by atoms with E-state index in [9.17, 15) is 4.79 Å². The van der Waals surface area contributed by atoms with E-state index in [-0.39, 0.29) is 24.4 Å². The van der Waals surface area contributed by atoms with Gasteiger partial charge in [-0.3, -0.25) is 9.69 Å². The quantitative estimate of drug-likeness (QED) is 0.866. The summed E-state index contributed by atoms with van der Waals surface area (Å²) in [5.41, 5.74) is 8.05. The Bertz CT molecular complexity index is 716. The average molecular weight is 394 g/mol. The number of amides is 1. The molecule has 0 bridgehead atoms. The third kappa shape index (κ3) is 4.57. The molecule has 0 saturated carbocycles. The van der Waals surface area contributed by atoms with Crippen LogP contribution in [0.3, 0.4) is 0 Å². The molecule has 2 N–H and O–H groups in total. The minimum Gasteiger partial charge on any atom is -0.339 e. The van der Waals surface area contributed by atoms with Crippen molar-refractivity contribution in [2.75, 3.05) is 26.2 Å². The molecule has 2 unspecified atom stereocenters. The highest BCUT2D eigenvalue weighted by atomic mass is 35.5. The van der Waals surface area contributed by atoms with Crippen molar-refractivity contribution in [1.29, 1.82) is 0 Å². The smallest absolute Gasteiger partial charge is 0.239 e. The first-order valence-electron chi connectivity index (χ1n) is 8.65. The number of nitrogens with zero attached hydrogens (tertiary/aromatic N) is 2. The second-order valence-electron chi connectivity index (χ2n) is 6.48. The van der Waals surface area contributed by atoms with E-state index in [0.717, 1.165) is 23.7 Å². The fourth-order valence-corrected chi connectivity index (χ4v) is 3.65. The van der Waals surface area contributed by atoms with E-state index < -0.39 is 6.04 Å². The molecule has 2 aromatic rings. The highest BCUT2D eigenvalue weighted by molar-refractivity contribution is 6.31. The van der Waals surface area contributed by atoms with Gasteiger partial charge in [0.2, 0.25) is 5.91 Å². The number of halogens is 2. The highest BCUT2D eigenvalue weighted by Gasteiger charge is 2.29. The highest BCUT2D eigenvalue weighted by Crippen LogP contribution is 2.33. The summed E-state index contributed by atoms with van der Waals surface area (Å²) in [5, 5.41) is 0.769. The zero-order valence-electron chi connectivity index (χ0n) is 14.8. The van der Waals surface area contributed by atoms with Crippen molar-refractivity contribution in [2.45, 2.75) is 19.0 Å². The summed E-state index contributed by atoms with van der Waals surface area (Å²) < 4.78 is 0. The van der Waals surface area contributed by atoms with E-state index in [0.29, 0.717) is 13.1 Å². The maximum atomic E-state index is 12.1. The maximum Gasteiger partial charge on any atom is 0.239 e. The molecule has 6 heteroatoms. The third-order valence-electron chi connectivity index (χ3n) is 4.70. The number of rotatable bonds is 4. The van der Waals surface area contributed by atoms with Crippen molar-refractivity contribution in [3.8, 4) is 0 Å². The molecule has 26 heavy (non-hydrogen) atoms. The molecule has 1 aliphatic rings. The van der Waals surface area contributed by atoms with Gasteiger partial charge in [0.15, 0.2) is 0 Å². The second kappa shape index (κ2) is 9.38. The van der Waals surface area contributed by atoms with E-state index in [1.807, 2.05) is 29.2 Å². The van der Waals surface area contributed by atoms with Gasteiger partial charge in [-0.2, -0.15) is 0 Å². The number of hydrogen-bond acceptors (Lipinski definition) is 3. The molecule has 1 amide bonds. The SMILES string of the molecule is CC(N)C(=O)N1CCN(C(c2ccccc2)c2ccccc2Cl)CC1.Cl. The Labute approximate surface area is 166 Å². The summed E-state index contributed by atoms with van der Waals surface area (Å²) in [6.45, 7) is 4.71. The van der Waals surface area contributed by atoms with Crippen LogP contribution in [0.25, 0.3) is 0 Å². The summed E-state index contributed by atoms with van der Waals surface area (Å²) in [6, 6.07) is 18.0. The van der Waals surface area contributed by atoms with Gasteiger partial charge in [0, 0.05) is 31.2 Å². The minimum atomic E-state index is -0.444. The fourth-order valence-electron chi connectivity index (χ4n) is 3.41. The lowest BCUT2D eigenvalue weighted by Gasteiger charge is -2.40. The van der Waals surface area contributed by atoms with Crippen LogP contribution in [0.15, 0.2) is 54.6 Å². The number of piperazine rings is 1. The van der Waals surface area contributed by atoms with Gasteiger partial charge in [-0.05, 0) is 24.1 Å². The molecule has 0 radical (unpaired) electrons. The molecule has 1 heterocycles. The van der Waals surface area contributed by atoms with Crippen LogP contribution < -0.4 is 5.73 Å². The van der Waals surface area contributed by atoms with Gasteiger partial charge in [0.05, 0.1) is 12.1 Å². The summed E-state index contributed by atoms with van der Waals surface area (Å²) in [4.78, 5) is 16.4. The van der Waals surface area contributed by atoms with Crippen LogP contribution >= 0.6 is 24.0 Å². The van der Waals surface area contributed by atoms with Crippen LogP contribution in [-0.2, 0) is 4.79 Å². The van der Waals surface area contributed by atoms with Crippen LogP contribution in [0.5, 0.6) is 0 Å². The predicted octanol–water partition coefficient (Wildman–Crippen LogP) is 3.34. The number of benzene rings is 2. The second-order valence-corrected chi connectivity index (χ2v) is 6.89. The molecule has 2 atom stereocenters. The van der Waals surface area contributed by atoms with Gasteiger partial charge >= 0.3 is 0 Å². The normalized spacial score (nSPS) is 17.3. The zero-order valence-corrected chi connectivity index (χ0v) is 16.4. The van der Waals surface area contributed by atoms with E-state index in [2.05, 4.69) is 35.2 Å². The number of nitrogens with two attached hydrogens (primary N) is 1. The third-order valence-corrected chi connectivity index (χ3v) is 5.04. The first kappa shape index (κ1) is 20.7. The Balaban J connectivity index is 0.00000243. The van der Waals surface area contributed by atoms with Gasteiger partial charge in [0.1, 0.15) is 0 Å². The van der Waals surface area contributed by atoms with Gasteiger partial charge < -0.3 is 10.6 Å². The predicted molar refractivity (Wildman–Crippen MR) is 109 cm³/mol. The maximum absolute atomic E-state index is 12.1. The van der Waals surface area contributed by atoms with Gasteiger partial charge in [-0.25, -0.2) is 0 Å². The van der Waals surface area contributed by atoms with E-state index >= 15 is 0 Å². The number of carbonyl (C=O) groups excluding carboxylic acids is 1. The molecule has 0 aromatic heterocycles. The van der Waals surface area contributed by atoms with E-state index in [1.165, 1.54) is 5.56 Å². The molecule has 3 rings (SSSR count). The Morgan fingerprint density at radius 1 is 1.00 bits per heavy atom. The molecular weight excluding hydrogens is 369 g/mol. The fraction of sp³-hybridized carbons (Fsp3) is 0.350. The Morgan fingerprint density at radius 3 is 2.15 bits per heavy atom. The number of carbonyl (C=O) groups is 1. The summed E-state index contributed by atoms with van der Waals surface area (Å²) in [7, 11) is 0. The lowest BCUT2D eigenvalue weighted by atomic mass is 9.96. The zero-order chi connectivity index (χ0) is 17.8. The largest absolute Gasteiger partial charge is 0.339 e. The molecule has 4 nitrogen and oxygen atoms in total. The van der Waals surface area contributed by atoms with Crippen molar-refractivity contribution >= 4 is 29.9 Å². The lowest BCUT2D eigenvalue weighted by molar-refractivity contribution is -0.134.